The third kappa shape index (κ3) is 8.87. The van der Waals surface area contributed by atoms with E-state index < -0.39 is 49.2 Å². The van der Waals surface area contributed by atoms with Gasteiger partial charge in [0.05, 0.1) is 0 Å². The Bertz CT molecular complexity index is 727. The summed E-state index contributed by atoms with van der Waals surface area (Å²) in [5, 5.41) is 4.18. The summed E-state index contributed by atoms with van der Waals surface area (Å²) in [5.41, 5.74) is -0.0642. The molecule has 0 fully saturated rings. The van der Waals surface area contributed by atoms with E-state index in [2.05, 4.69) is 19.5 Å². The second kappa shape index (κ2) is 11.4. The summed E-state index contributed by atoms with van der Waals surface area (Å²) in [7, 11) is 0. The number of amides is 3. The monoisotopic (exact) mass is 408 g/mol. The third-order valence-corrected chi connectivity index (χ3v) is 2.76. The number of nitrogens with one attached hydrogen (secondary N) is 2. The number of imide groups is 1. The lowest BCUT2D eigenvalue weighted by Crippen LogP contribution is -2.41. The minimum absolute atomic E-state index is 0.0642. The molecule has 0 saturated carbocycles. The molecule has 154 valence electrons. The summed E-state index contributed by atoms with van der Waals surface area (Å²) in [6.45, 7) is -5.26. The summed E-state index contributed by atoms with van der Waals surface area (Å²) in [6.07, 6.45) is 1.80. The van der Waals surface area contributed by atoms with Gasteiger partial charge in [0, 0.05) is 24.3 Å². The van der Waals surface area contributed by atoms with Gasteiger partial charge in [0.2, 0.25) is 0 Å². The molecule has 3 amide bonds. The Morgan fingerprint density at radius 1 is 1.11 bits per heavy atom. The van der Waals surface area contributed by atoms with E-state index in [-0.39, 0.29) is 12.1 Å². The molecule has 0 saturated heterocycles. The number of hydrogen-bond acceptors (Lipinski definition) is 6. The van der Waals surface area contributed by atoms with Crippen LogP contribution >= 0.6 is 0 Å². The molecule has 0 radical (unpaired) electrons. The smallest absolute Gasteiger partial charge is 0.387 e. The van der Waals surface area contributed by atoms with Crippen molar-refractivity contribution in [1.29, 1.82) is 0 Å². The van der Waals surface area contributed by atoms with Crippen molar-refractivity contribution in [2.75, 3.05) is 13.2 Å². The van der Waals surface area contributed by atoms with Crippen molar-refractivity contribution in [3.8, 4) is 11.5 Å². The summed E-state index contributed by atoms with van der Waals surface area (Å²) < 4.78 is 62.2. The van der Waals surface area contributed by atoms with Gasteiger partial charge in [0.25, 0.3) is 5.91 Å². The molecule has 28 heavy (non-hydrogen) atoms. The summed E-state index contributed by atoms with van der Waals surface area (Å²) >= 11 is 0. The number of carbonyl (C=O) groups excluding carboxylic acids is 3. The number of urea groups is 1. The number of rotatable bonds is 9. The van der Waals surface area contributed by atoms with Crippen LogP contribution in [-0.4, -0.2) is 44.3 Å². The standard InChI is InChI=1S/C16H16F4N2O6/c1-2-21-16(25)22-12(23)8-26-13(24)6-4-9-3-5-10(27-14(17)18)7-11(9)28-15(19)20/h3-7,14-15H,2,8H2,1H3,(H2,21,22,23,25)/b6-4+. The molecule has 0 atom stereocenters. The van der Waals surface area contributed by atoms with Crippen LogP contribution in [0.2, 0.25) is 0 Å². The molecule has 2 N–H and O–H groups in total. The van der Waals surface area contributed by atoms with Crippen LogP contribution in [0.1, 0.15) is 12.5 Å². The predicted molar refractivity (Wildman–Crippen MR) is 86.9 cm³/mol. The van der Waals surface area contributed by atoms with Gasteiger partial charge in [0.15, 0.2) is 6.61 Å². The van der Waals surface area contributed by atoms with Gasteiger partial charge in [0.1, 0.15) is 11.5 Å². The van der Waals surface area contributed by atoms with Gasteiger partial charge < -0.3 is 19.5 Å². The number of hydrogen-bond donors (Lipinski definition) is 2. The zero-order valence-corrected chi connectivity index (χ0v) is 14.4. The maximum atomic E-state index is 12.5. The van der Waals surface area contributed by atoms with E-state index >= 15 is 0 Å². The summed E-state index contributed by atoms with van der Waals surface area (Å²) in [6, 6.07) is 2.18. The van der Waals surface area contributed by atoms with Gasteiger partial charge >= 0.3 is 25.2 Å². The van der Waals surface area contributed by atoms with Crippen LogP contribution in [0, 0.1) is 0 Å². The molecule has 12 heteroatoms. The van der Waals surface area contributed by atoms with Gasteiger partial charge in [-0.25, -0.2) is 9.59 Å². The van der Waals surface area contributed by atoms with Crippen LogP contribution in [0.5, 0.6) is 11.5 Å². The van der Waals surface area contributed by atoms with Crippen molar-refractivity contribution < 1.29 is 46.2 Å². The zero-order valence-electron chi connectivity index (χ0n) is 14.4. The molecule has 0 aliphatic heterocycles. The molecule has 1 aromatic carbocycles. The van der Waals surface area contributed by atoms with Crippen molar-refractivity contribution >= 4 is 24.0 Å². The molecule has 0 bridgehead atoms. The first-order valence-electron chi connectivity index (χ1n) is 7.67. The highest BCUT2D eigenvalue weighted by Crippen LogP contribution is 2.28. The summed E-state index contributed by atoms with van der Waals surface area (Å²) in [4.78, 5) is 34.0. The Kier molecular flexibility index (Phi) is 9.27. The molecule has 0 aromatic heterocycles. The fraction of sp³-hybridized carbons (Fsp3) is 0.312. The number of esters is 1. The molecule has 0 aliphatic carbocycles. The lowest BCUT2D eigenvalue weighted by atomic mass is 10.1. The summed E-state index contributed by atoms with van der Waals surface area (Å²) in [5.74, 6) is -2.86. The first-order chi connectivity index (χ1) is 13.2. The second-order valence-corrected chi connectivity index (χ2v) is 4.81. The fourth-order valence-corrected chi connectivity index (χ4v) is 1.74. The Morgan fingerprint density at radius 2 is 1.79 bits per heavy atom. The molecule has 1 aromatic rings. The van der Waals surface area contributed by atoms with Crippen LogP contribution in [0.25, 0.3) is 6.08 Å². The van der Waals surface area contributed by atoms with Gasteiger partial charge in [-0.05, 0) is 25.1 Å². The highest BCUT2D eigenvalue weighted by atomic mass is 19.3. The molecule has 0 spiro atoms. The van der Waals surface area contributed by atoms with Gasteiger partial charge in [-0.1, -0.05) is 0 Å². The van der Waals surface area contributed by atoms with Crippen molar-refractivity contribution in [2.24, 2.45) is 0 Å². The second-order valence-electron chi connectivity index (χ2n) is 4.81. The Balaban J connectivity index is 2.71. The maximum absolute atomic E-state index is 12.5. The largest absolute Gasteiger partial charge is 0.452 e. The van der Waals surface area contributed by atoms with Gasteiger partial charge in [-0.15, -0.1) is 0 Å². The van der Waals surface area contributed by atoms with Crippen molar-refractivity contribution in [1.82, 2.24) is 10.6 Å². The number of halogens is 4. The van der Waals surface area contributed by atoms with E-state index in [0.29, 0.717) is 0 Å². The van der Waals surface area contributed by atoms with Gasteiger partial charge in [-0.2, -0.15) is 17.6 Å². The van der Waals surface area contributed by atoms with Crippen LogP contribution in [-0.2, 0) is 14.3 Å². The first-order valence-corrected chi connectivity index (χ1v) is 7.67. The third-order valence-electron chi connectivity index (χ3n) is 2.76. The van der Waals surface area contributed by atoms with Crippen LogP contribution in [0.3, 0.4) is 0 Å². The van der Waals surface area contributed by atoms with E-state index in [1.807, 2.05) is 5.32 Å². The Hall–Kier alpha value is -3.31. The van der Waals surface area contributed by atoms with E-state index in [1.54, 1.807) is 6.92 Å². The average molecular weight is 408 g/mol. The highest BCUT2D eigenvalue weighted by Gasteiger charge is 2.13. The molecule has 1 rings (SSSR count). The van der Waals surface area contributed by atoms with E-state index in [0.717, 1.165) is 30.4 Å². The van der Waals surface area contributed by atoms with Crippen LogP contribution < -0.4 is 20.1 Å². The highest BCUT2D eigenvalue weighted by molar-refractivity contribution is 5.96. The molecule has 0 heterocycles. The van der Waals surface area contributed by atoms with Crippen LogP contribution in [0.15, 0.2) is 24.3 Å². The van der Waals surface area contributed by atoms with Crippen molar-refractivity contribution in [3.63, 3.8) is 0 Å². The minimum Gasteiger partial charge on any atom is -0.452 e. The SMILES string of the molecule is CCNC(=O)NC(=O)COC(=O)/C=C/c1ccc(OC(F)F)cc1OC(F)F. The quantitative estimate of drug-likeness (QED) is 0.369. The number of benzene rings is 1. The Labute approximate surface area is 156 Å². The maximum Gasteiger partial charge on any atom is 0.387 e. The topological polar surface area (TPSA) is 103 Å². The zero-order chi connectivity index (χ0) is 21.1. The van der Waals surface area contributed by atoms with E-state index in [4.69, 9.17) is 0 Å². The molecular weight excluding hydrogens is 392 g/mol. The lowest BCUT2D eigenvalue weighted by Gasteiger charge is -2.11. The molecule has 0 aliphatic rings. The first kappa shape index (κ1) is 22.7. The van der Waals surface area contributed by atoms with E-state index in [1.165, 1.54) is 0 Å². The van der Waals surface area contributed by atoms with Crippen molar-refractivity contribution in [3.05, 3.63) is 29.8 Å². The predicted octanol–water partition coefficient (Wildman–Crippen LogP) is 2.29. The Morgan fingerprint density at radius 3 is 2.39 bits per heavy atom. The molecule has 0 unspecified atom stereocenters. The number of carbonyl (C=O) groups is 3. The van der Waals surface area contributed by atoms with E-state index in [9.17, 15) is 31.9 Å². The molecular formula is C16H16F4N2O6. The van der Waals surface area contributed by atoms with Gasteiger partial charge in [-0.3, -0.25) is 10.1 Å². The normalized spacial score (nSPS) is 10.8. The average Bonchev–Trinajstić information content (AvgIpc) is 2.58. The molecule has 8 nitrogen and oxygen atoms in total. The van der Waals surface area contributed by atoms with Crippen molar-refractivity contribution in [2.45, 2.75) is 20.1 Å². The minimum atomic E-state index is -3.25. The fourth-order valence-electron chi connectivity index (χ4n) is 1.74. The number of alkyl halides is 4. The lowest BCUT2D eigenvalue weighted by molar-refractivity contribution is -0.143. The van der Waals surface area contributed by atoms with Crippen LogP contribution in [0.4, 0.5) is 22.4 Å². The number of ether oxygens (including phenoxy) is 3.